The van der Waals surface area contributed by atoms with Gasteiger partial charge in [0.15, 0.2) is 0 Å². The number of benzene rings is 2. The fourth-order valence-electron chi connectivity index (χ4n) is 3.43. The number of methoxy groups -OCH3 is 1. The van der Waals surface area contributed by atoms with Gasteiger partial charge in [-0.25, -0.2) is 0 Å². The molecule has 0 spiro atoms. The molecule has 1 aliphatic rings. The van der Waals surface area contributed by atoms with Crippen LogP contribution < -0.4 is 4.74 Å². The Labute approximate surface area is 144 Å². The molecule has 0 bridgehead atoms. The maximum Gasteiger partial charge on any atom is 0.222 e. The smallest absolute Gasteiger partial charge is 0.222 e. The average molecular weight is 323 g/mol. The fourth-order valence-corrected chi connectivity index (χ4v) is 3.43. The van der Waals surface area contributed by atoms with Crippen LogP contribution in [0, 0.1) is 0 Å². The summed E-state index contributed by atoms with van der Waals surface area (Å²) in [6, 6.07) is 18.5. The number of aryl methyl sites for hydroxylation is 1. The number of likely N-dealkylation sites (tertiary alicyclic amines) is 1. The lowest BCUT2D eigenvalue weighted by Gasteiger charge is -2.33. The lowest BCUT2D eigenvalue weighted by atomic mass is 9.90. The first kappa shape index (κ1) is 16.6. The van der Waals surface area contributed by atoms with Crippen LogP contribution in [0.4, 0.5) is 0 Å². The van der Waals surface area contributed by atoms with Crippen LogP contribution in [0.1, 0.15) is 36.3 Å². The van der Waals surface area contributed by atoms with Crippen LogP contribution >= 0.6 is 0 Å². The zero-order valence-electron chi connectivity index (χ0n) is 14.3. The summed E-state index contributed by atoms with van der Waals surface area (Å²) in [5.41, 5.74) is 2.50. The van der Waals surface area contributed by atoms with Crippen molar-refractivity contribution >= 4 is 5.91 Å². The highest BCUT2D eigenvalue weighted by Crippen LogP contribution is 2.29. The van der Waals surface area contributed by atoms with Crippen molar-refractivity contribution in [1.29, 1.82) is 0 Å². The van der Waals surface area contributed by atoms with E-state index in [4.69, 9.17) is 4.74 Å². The van der Waals surface area contributed by atoms with E-state index in [1.165, 1.54) is 11.1 Å². The Morgan fingerprint density at radius 2 is 2.00 bits per heavy atom. The summed E-state index contributed by atoms with van der Waals surface area (Å²) >= 11 is 0. The molecule has 1 heterocycles. The number of hydrogen-bond acceptors (Lipinski definition) is 2. The first-order chi connectivity index (χ1) is 11.8. The molecular weight excluding hydrogens is 298 g/mol. The molecule has 0 saturated carbocycles. The third-order valence-corrected chi connectivity index (χ3v) is 4.81. The topological polar surface area (TPSA) is 29.5 Å². The van der Waals surface area contributed by atoms with Crippen LogP contribution in [0.3, 0.4) is 0 Å². The number of amides is 1. The minimum Gasteiger partial charge on any atom is -0.497 e. The minimum atomic E-state index is 0.270. The molecule has 1 unspecified atom stereocenters. The molecule has 0 N–H and O–H groups in total. The number of carbonyl (C=O) groups is 1. The van der Waals surface area contributed by atoms with E-state index in [1.807, 2.05) is 35.2 Å². The first-order valence-electron chi connectivity index (χ1n) is 8.72. The summed E-state index contributed by atoms with van der Waals surface area (Å²) < 4.78 is 5.33. The van der Waals surface area contributed by atoms with Gasteiger partial charge in [0.05, 0.1) is 7.11 Å². The molecule has 0 radical (unpaired) electrons. The standard InChI is InChI=1S/C21H25NO2/c1-24-20-11-5-9-18(15-20)19-10-6-14-22(16-19)21(23)13-12-17-7-3-2-4-8-17/h2-5,7-9,11,15,19H,6,10,12-14,16H2,1H3. The van der Waals surface area contributed by atoms with E-state index in [-0.39, 0.29) is 5.91 Å². The monoisotopic (exact) mass is 323 g/mol. The van der Waals surface area contributed by atoms with Crippen molar-refractivity contribution in [2.24, 2.45) is 0 Å². The van der Waals surface area contributed by atoms with Crippen LogP contribution in [-0.2, 0) is 11.2 Å². The van der Waals surface area contributed by atoms with Gasteiger partial charge in [-0.1, -0.05) is 42.5 Å². The second-order valence-corrected chi connectivity index (χ2v) is 6.44. The molecule has 1 atom stereocenters. The highest BCUT2D eigenvalue weighted by atomic mass is 16.5. The maximum absolute atomic E-state index is 12.6. The van der Waals surface area contributed by atoms with Crippen molar-refractivity contribution in [1.82, 2.24) is 4.90 Å². The number of piperidine rings is 1. The van der Waals surface area contributed by atoms with Gasteiger partial charge in [-0.05, 0) is 42.5 Å². The number of nitrogens with zero attached hydrogens (tertiary/aromatic N) is 1. The minimum absolute atomic E-state index is 0.270. The van der Waals surface area contributed by atoms with Gasteiger partial charge in [0.2, 0.25) is 5.91 Å². The molecule has 2 aromatic rings. The molecule has 0 aromatic heterocycles. The second kappa shape index (κ2) is 8.00. The van der Waals surface area contributed by atoms with Crippen molar-refractivity contribution in [2.75, 3.05) is 20.2 Å². The SMILES string of the molecule is COc1cccc(C2CCCN(C(=O)CCc3ccccc3)C2)c1. The van der Waals surface area contributed by atoms with E-state index in [1.54, 1.807) is 7.11 Å². The molecule has 1 aliphatic heterocycles. The molecule has 3 heteroatoms. The molecule has 2 aromatic carbocycles. The lowest BCUT2D eigenvalue weighted by Crippen LogP contribution is -2.39. The molecule has 1 amide bonds. The van der Waals surface area contributed by atoms with Crippen molar-refractivity contribution in [3.63, 3.8) is 0 Å². The summed E-state index contributed by atoms with van der Waals surface area (Å²) in [6.07, 6.45) is 3.61. The molecule has 126 valence electrons. The third-order valence-electron chi connectivity index (χ3n) is 4.81. The van der Waals surface area contributed by atoms with E-state index >= 15 is 0 Å². The highest BCUT2D eigenvalue weighted by molar-refractivity contribution is 5.76. The van der Waals surface area contributed by atoms with Gasteiger partial charge in [-0.3, -0.25) is 4.79 Å². The third kappa shape index (κ3) is 4.16. The van der Waals surface area contributed by atoms with Crippen molar-refractivity contribution < 1.29 is 9.53 Å². The van der Waals surface area contributed by atoms with Crippen molar-refractivity contribution in [3.05, 3.63) is 65.7 Å². The van der Waals surface area contributed by atoms with Gasteiger partial charge in [0, 0.05) is 25.4 Å². The molecular formula is C21H25NO2. The van der Waals surface area contributed by atoms with Crippen LogP contribution in [0.25, 0.3) is 0 Å². The van der Waals surface area contributed by atoms with Gasteiger partial charge < -0.3 is 9.64 Å². The largest absolute Gasteiger partial charge is 0.497 e. The van der Waals surface area contributed by atoms with Gasteiger partial charge in [0.25, 0.3) is 0 Å². The van der Waals surface area contributed by atoms with Gasteiger partial charge in [0.1, 0.15) is 5.75 Å². The van der Waals surface area contributed by atoms with Gasteiger partial charge in [-0.15, -0.1) is 0 Å². The molecule has 3 nitrogen and oxygen atoms in total. The first-order valence-corrected chi connectivity index (χ1v) is 8.72. The fraction of sp³-hybridized carbons (Fsp3) is 0.381. The van der Waals surface area contributed by atoms with E-state index in [0.29, 0.717) is 12.3 Å². The predicted octanol–water partition coefficient (Wildman–Crippen LogP) is 4.03. The van der Waals surface area contributed by atoms with Crippen molar-refractivity contribution in [3.8, 4) is 5.75 Å². The normalized spacial score (nSPS) is 17.5. The Bertz CT molecular complexity index is 669. The second-order valence-electron chi connectivity index (χ2n) is 6.44. The number of rotatable bonds is 5. The molecule has 1 saturated heterocycles. The number of ether oxygens (including phenoxy) is 1. The molecule has 3 rings (SSSR count). The Morgan fingerprint density at radius 3 is 2.79 bits per heavy atom. The zero-order valence-corrected chi connectivity index (χ0v) is 14.3. The van der Waals surface area contributed by atoms with Crippen LogP contribution in [0.5, 0.6) is 5.75 Å². The summed E-state index contributed by atoms with van der Waals surface area (Å²) in [5, 5.41) is 0. The Morgan fingerprint density at radius 1 is 1.17 bits per heavy atom. The van der Waals surface area contributed by atoms with Crippen molar-refractivity contribution in [2.45, 2.75) is 31.6 Å². The van der Waals surface area contributed by atoms with E-state index in [2.05, 4.69) is 24.3 Å². The molecule has 0 aliphatic carbocycles. The summed E-state index contributed by atoms with van der Waals surface area (Å²) in [4.78, 5) is 14.6. The average Bonchev–Trinajstić information content (AvgIpc) is 2.67. The van der Waals surface area contributed by atoms with Crippen LogP contribution in [-0.4, -0.2) is 31.0 Å². The Balaban J connectivity index is 1.59. The predicted molar refractivity (Wildman–Crippen MR) is 96.3 cm³/mol. The summed E-state index contributed by atoms with van der Waals surface area (Å²) in [5.74, 6) is 1.57. The number of carbonyl (C=O) groups excluding carboxylic acids is 1. The van der Waals surface area contributed by atoms with E-state index in [9.17, 15) is 4.79 Å². The molecule has 1 fully saturated rings. The number of hydrogen-bond donors (Lipinski definition) is 0. The zero-order chi connectivity index (χ0) is 16.8. The van der Waals surface area contributed by atoms with E-state index < -0.39 is 0 Å². The lowest BCUT2D eigenvalue weighted by molar-refractivity contribution is -0.132. The van der Waals surface area contributed by atoms with Gasteiger partial charge >= 0.3 is 0 Å². The van der Waals surface area contributed by atoms with Crippen LogP contribution in [0.2, 0.25) is 0 Å². The Hall–Kier alpha value is -2.29. The molecule has 24 heavy (non-hydrogen) atoms. The summed E-state index contributed by atoms with van der Waals surface area (Å²) in [6.45, 7) is 1.70. The summed E-state index contributed by atoms with van der Waals surface area (Å²) in [7, 11) is 1.69. The van der Waals surface area contributed by atoms with Gasteiger partial charge in [-0.2, -0.15) is 0 Å². The Kier molecular flexibility index (Phi) is 5.52. The van der Waals surface area contributed by atoms with E-state index in [0.717, 1.165) is 38.1 Å². The quantitative estimate of drug-likeness (QED) is 0.831. The maximum atomic E-state index is 12.6. The van der Waals surface area contributed by atoms with Crippen LogP contribution in [0.15, 0.2) is 54.6 Å². The highest BCUT2D eigenvalue weighted by Gasteiger charge is 2.24.